The number of fused-ring (bicyclic) bond motifs is 1. The highest BCUT2D eigenvalue weighted by Crippen LogP contribution is 2.20. The van der Waals surface area contributed by atoms with Crippen LogP contribution in [0.2, 0.25) is 0 Å². The fourth-order valence-corrected chi connectivity index (χ4v) is 4.22. The molecule has 1 aromatic heterocycles. The van der Waals surface area contributed by atoms with Gasteiger partial charge in [0.2, 0.25) is 5.91 Å². The van der Waals surface area contributed by atoms with Gasteiger partial charge in [-0.3, -0.25) is 14.2 Å². The predicted molar refractivity (Wildman–Crippen MR) is 130 cm³/mol. The van der Waals surface area contributed by atoms with Crippen LogP contribution in [-0.4, -0.2) is 34.4 Å². The van der Waals surface area contributed by atoms with Crippen LogP contribution >= 0.6 is 11.8 Å². The second kappa shape index (κ2) is 11.2. The van der Waals surface area contributed by atoms with E-state index < -0.39 is 0 Å². The molecule has 0 bridgehead atoms. The Hall–Kier alpha value is -2.80. The molecule has 0 radical (unpaired) electrons. The van der Waals surface area contributed by atoms with Crippen molar-refractivity contribution in [1.82, 2.24) is 14.9 Å². The Morgan fingerprint density at radius 2 is 1.81 bits per heavy atom. The molecule has 1 atom stereocenters. The standard InChI is InChI=1S/C25H31N3O3S/c1-17(2)9-10-18(3)26-23(29)16-32-25-27-22-8-6-5-7-21(22)24(30)28(25)15-19-11-13-20(31-4)14-12-19/h5-8,11-14,17-18H,9-10,15-16H2,1-4H3,(H,26,29)/t18-/m1/s1. The lowest BCUT2D eigenvalue weighted by Gasteiger charge is -2.16. The molecule has 1 amide bonds. The van der Waals surface area contributed by atoms with Crippen molar-refractivity contribution in [2.75, 3.05) is 12.9 Å². The lowest BCUT2D eigenvalue weighted by atomic mass is 10.0. The number of benzene rings is 2. The Morgan fingerprint density at radius 3 is 2.50 bits per heavy atom. The summed E-state index contributed by atoms with van der Waals surface area (Å²) in [7, 11) is 1.62. The highest BCUT2D eigenvalue weighted by molar-refractivity contribution is 7.99. The van der Waals surface area contributed by atoms with Gasteiger partial charge in [0.25, 0.3) is 5.56 Å². The molecule has 2 aromatic carbocycles. The first kappa shape index (κ1) is 23.9. The zero-order valence-corrected chi connectivity index (χ0v) is 19.9. The van der Waals surface area contributed by atoms with Crippen molar-refractivity contribution in [2.45, 2.75) is 51.4 Å². The molecule has 3 aromatic rings. The predicted octanol–water partition coefficient (Wildman–Crippen LogP) is 4.49. The van der Waals surface area contributed by atoms with Crippen molar-refractivity contribution in [3.8, 4) is 5.75 Å². The number of para-hydroxylation sites is 1. The molecule has 0 saturated heterocycles. The monoisotopic (exact) mass is 453 g/mol. The van der Waals surface area contributed by atoms with Gasteiger partial charge in [-0.05, 0) is 55.5 Å². The first-order chi connectivity index (χ1) is 15.4. The molecule has 0 unspecified atom stereocenters. The maximum atomic E-state index is 13.2. The Bertz CT molecular complexity index is 1110. The van der Waals surface area contributed by atoms with Crippen molar-refractivity contribution < 1.29 is 9.53 Å². The van der Waals surface area contributed by atoms with Crippen LogP contribution in [0.3, 0.4) is 0 Å². The Kier molecular flexibility index (Phi) is 8.33. The van der Waals surface area contributed by atoms with Crippen LogP contribution in [0, 0.1) is 5.92 Å². The molecular formula is C25H31N3O3S. The van der Waals surface area contributed by atoms with Crippen LogP contribution in [0.1, 0.15) is 39.2 Å². The number of nitrogens with one attached hydrogen (secondary N) is 1. The molecule has 0 aliphatic heterocycles. The highest BCUT2D eigenvalue weighted by atomic mass is 32.2. The second-order valence-corrected chi connectivity index (χ2v) is 9.32. The van der Waals surface area contributed by atoms with Gasteiger partial charge >= 0.3 is 0 Å². The van der Waals surface area contributed by atoms with Gasteiger partial charge in [0, 0.05) is 6.04 Å². The number of nitrogens with zero attached hydrogens (tertiary/aromatic N) is 2. The molecule has 3 rings (SSSR count). The molecule has 6 nitrogen and oxygen atoms in total. The van der Waals surface area contributed by atoms with E-state index in [9.17, 15) is 9.59 Å². The third kappa shape index (κ3) is 6.36. The first-order valence-electron chi connectivity index (χ1n) is 10.9. The highest BCUT2D eigenvalue weighted by Gasteiger charge is 2.15. The normalized spacial score (nSPS) is 12.2. The number of carbonyl (C=O) groups is 1. The van der Waals surface area contributed by atoms with Gasteiger partial charge in [-0.2, -0.15) is 0 Å². The quantitative estimate of drug-likeness (QED) is 0.362. The van der Waals surface area contributed by atoms with Gasteiger partial charge < -0.3 is 10.1 Å². The summed E-state index contributed by atoms with van der Waals surface area (Å²) >= 11 is 1.29. The fourth-order valence-electron chi connectivity index (χ4n) is 3.41. The summed E-state index contributed by atoms with van der Waals surface area (Å²) in [5, 5.41) is 4.15. The number of aromatic nitrogens is 2. The average Bonchev–Trinajstić information content (AvgIpc) is 2.79. The smallest absolute Gasteiger partial charge is 0.262 e. The SMILES string of the molecule is COc1ccc(Cn2c(SCC(=O)N[C@H](C)CCC(C)C)nc3ccccc3c2=O)cc1. The largest absolute Gasteiger partial charge is 0.497 e. The summed E-state index contributed by atoms with van der Waals surface area (Å²) in [5.41, 5.74) is 1.48. The van der Waals surface area contributed by atoms with Crippen LogP contribution in [0.25, 0.3) is 10.9 Å². The minimum Gasteiger partial charge on any atom is -0.497 e. The van der Waals surface area contributed by atoms with Crippen LogP contribution in [0.4, 0.5) is 0 Å². The van der Waals surface area contributed by atoms with E-state index >= 15 is 0 Å². The van der Waals surface area contributed by atoms with Gasteiger partial charge in [-0.25, -0.2) is 4.98 Å². The summed E-state index contributed by atoms with van der Waals surface area (Å²) in [6, 6.07) is 15.0. The van der Waals surface area contributed by atoms with Crippen molar-refractivity contribution in [3.05, 3.63) is 64.4 Å². The molecule has 0 aliphatic carbocycles. The molecular weight excluding hydrogens is 422 g/mol. The molecule has 0 spiro atoms. The van der Waals surface area contributed by atoms with Crippen LogP contribution in [-0.2, 0) is 11.3 Å². The number of thioether (sulfide) groups is 1. The van der Waals surface area contributed by atoms with Crippen LogP contribution < -0.4 is 15.6 Å². The number of ether oxygens (including phenoxy) is 1. The molecule has 0 aliphatic rings. The Balaban J connectivity index is 1.80. The van der Waals surface area contributed by atoms with E-state index in [1.807, 2.05) is 49.4 Å². The second-order valence-electron chi connectivity index (χ2n) is 8.38. The Morgan fingerprint density at radius 1 is 1.09 bits per heavy atom. The van der Waals surface area contributed by atoms with Gasteiger partial charge in [0.15, 0.2) is 5.16 Å². The van der Waals surface area contributed by atoms with Crippen molar-refractivity contribution in [2.24, 2.45) is 5.92 Å². The molecule has 170 valence electrons. The molecule has 1 N–H and O–H groups in total. The summed E-state index contributed by atoms with van der Waals surface area (Å²) < 4.78 is 6.87. The molecule has 7 heteroatoms. The third-order valence-electron chi connectivity index (χ3n) is 5.24. The number of rotatable bonds is 10. The Labute approximate surface area is 193 Å². The molecule has 0 saturated carbocycles. The lowest BCUT2D eigenvalue weighted by Crippen LogP contribution is -2.34. The zero-order valence-electron chi connectivity index (χ0n) is 19.1. The summed E-state index contributed by atoms with van der Waals surface area (Å²) in [6.07, 6.45) is 2.02. The van der Waals surface area contributed by atoms with Crippen molar-refractivity contribution >= 4 is 28.6 Å². The van der Waals surface area contributed by atoms with E-state index in [1.165, 1.54) is 11.8 Å². The van der Waals surface area contributed by atoms with Gasteiger partial charge in [0.1, 0.15) is 5.75 Å². The van der Waals surface area contributed by atoms with Crippen molar-refractivity contribution in [1.29, 1.82) is 0 Å². The van der Waals surface area contributed by atoms with Gasteiger partial charge in [-0.15, -0.1) is 0 Å². The maximum Gasteiger partial charge on any atom is 0.262 e. The maximum absolute atomic E-state index is 13.2. The molecule has 0 fully saturated rings. The average molecular weight is 454 g/mol. The lowest BCUT2D eigenvalue weighted by molar-refractivity contribution is -0.119. The number of carbonyl (C=O) groups excluding carboxylic acids is 1. The summed E-state index contributed by atoms with van der Waals surface area (Å²) in [4.78, 5) is 30.4. The van der Waals surface area contributed by atoms with E-state index in [2.05, 4.69) is 19.2 Å². The number of amides is 1. The van der Waals surface area contributed by atoms with Crippen LogP contribution in [0.5, 0.6) is 5.75 Å². The van der Waals surface area contributed by atoms with E-state index in [1.54, 1.807) is 17.7 Å². The van der Waals surface area contributed by atoms with Crippen molar-refractivity contribution in [3.63, 3.8) is 0 Å². The fraction of sp³-hybridized carbons (Fsp3) is 0.400. The van der Waals surface area contributed by atoms with Gasteiger partial charge in [-0.1, -0.05) is 49.9 Å². The van der Waals surface area contributed by atoms with Gasteiger partial charge in [0.05, 0.1) is 30.3 Å². The molecule has 32 heavy (non-hydrogen) atoms. The van der Waals surface area contributed by atoms with E-state index in [4.69, 9.17) is 9.72 Å². The summed E-state index contributed by atoms with van der Waals surface area (Å²) in [6.45, 7) is 6.75. The third-order valence-corrected chi connectivity index (χ3v) is 6.22. The number of methoxy groups -OCH3 is 1. The first-order valence-corrected chi connectivity index (χ1v) is 11.9. The van der Waals surface area contributed by atoms with Crippen LogP contribution in [0.15, 0.2) is 58.5 Å². The zero-order chi connectivity index (χ0) is 23.1. The molecule has 1 heterocycles. The minimum absolute atomic E-state index is 0.0512. The number of hydrogen-bond acceptors (Lipinski definition) is 5. The summed E-state index contributed by atoms with van der Waals surface area (Å²) in [5.74, 6) is 1.53. The topological polar surface area (TPSA) is 73.2 Å². The van der Waals surface area contributed by atoms with E-state index in [0.717, 1.165) is 24.2 Å². The van der Waals surface area contributed by atoms with E-state index in [0.29, 0.717) is 28.5 Å². The number of hydrogen-bond donors (Lipinski definition) is 1. The minimum atomic E-state index is -0.111. The van der Waals surface area contributed by atoms with E-state index in [-0.39, 0.29) is 23.3 Å².